The van der Waals surface area contributed by atoms with Crippen LogP contribution in [0.4, 0.5) is 11.4 Å². The normalized spacial score (nSPS) is 11.6. The van der Waals surface area contributed by atoms with E-state index >= 15 is 0 Å². The molecule has 0 fully saturated rings. The zero-order valence-electron chi connectivity index (χ0n) is 12.9. The highest BCUT2D eigenvalue weighted by Crippen LogP contribution is 2.17. The predicted octanol–water partition coefficient (Wildman–Crippen LogP) is 4.95. The van der Waals surface area contributed by atoms with E-state index in [9.17, 15) is 5.11 Å². The van der Waals surface area contributed by atoms with E-state index in [4.69, 9.17) is 0 Å². The fourth-order valence-electron chi connectivity index (χ4n) is 1.99. The largest absolute Gasteiger partial charge is 0.508 e. The number of rotatable bonds is 4. The minimum atomic E-state index is 0.191. The lowest BCUT2D eigenvalue weighted by molar-refractivity contribution is 0.475. The van der Waals surface area contributed by atoms with Crippen molar-refractivity contribution < 1.29 is 5.11 Å². The van der Waals surface area contributed by atoms with Gasteiger partial charge in [-0.05, 0) is 36.4 Å². The fourth-order valence-corrected chi connectivity index (χ4v) is 1.99. The predicted molar refractivity (Wildman–Crippen MR) is 95.7 cm³/mol. The maximum absolute atomic E-state index is 9.32. The van der Waals surface area contributed by atoms with Gasteiger partial charge in [-0.3, -0.25) is 5.43 Å². The number of amidine groups is 1. The summed E-state index contributed by atoms with van der Waals surface area (Å²) >= 11 is 0. The summed E-state index contributed by atoms with van der Waals surface area (Å²) in [6.45, 7) is 0. The van der Waals surface area contributed by atoms with Gasteiger partial charge in [-0.2, -0.15) is 5.10 Å². The number of anilines is 1. The molecule has 5 nitrogen and oxygen atoms in total. The van der Waals surface area contributed by atoms with E-state index in [2.05, 4.69) is 20.8 Å². The van der Waals surface area contributed by atoms with Crippen molar-refractivity contribution in [2.75, 3.05) is 5.43 Å². The number of hydrogen-bond acceptors (Lipinski definition) is 4. The van der Waals surface area contributed by atoms with E-state index in [1.807, 2.05) is 60.7 Å². The average molecular weight is 316 g/mol. The molecule has 0 atom stereocenters. The number of aromatic hydroxyl groups is 1. The standard InChI is InChI=1S/C19H16N4O/c24-18-13-11-17(12-14-18)21-23-19(15-7-3-1-4-8-15)22-20-16-9-5-2-6-10-16/h1-14,20,24H/b22-19-,23-21?. The zero-order chi connectivity index (χ0) is 16.6. The number of azo groups is 1. The second kappa shape index (κ2) is 7.69. The van der Waals surface area contributed by atoms with Crippen molar-refractivity contribution >= 4 is 17.2 Å². The van der Waals surface area contributed by atoms with Crippen LogP contribution in [0.5, 0.6) is 5.75 Å². The monoisotopic (exact) mass is 316 g/mol. The van der Waals surface area contributed by atoms with Crippen LogP contribution in [0.1, 0.15) is 5.56 Å². The Bertz CT molecular complexity index is 828. The smallest absolute Gasteiger partial charge is 0.201 e. The van der Waals surface area contributed by atoms with Gasteiger partial charge in [-0.25, -0.2) is 0 Å². The second-order valence-corrected chi connectivity index (χ2v) is 5.00. The molecule has 0 aliphatic rings. The summed E-state index contributed by atoms with van der Waals surface area (Å²) in [6, 6.07) is 25.8. The number of hydrazone groups is 1. The van der Waals surface area contributed by atoms with Crippen molar-refractivity contribution in [2.24, 2.45) is 15.3 Å². The van der Waals surface area contributed by atoms with Gasteiger partial charge in [0.2, 0.25) is 5.84 Å². The van der Waals surface area contributed by atoms with E-state index in [1.165, 1.54) is 0 Å². The van der Waals surface area contributed by atoms with Crippen LogP contribution in [0.15, 0.2) is 100 Å². The SMILES string of the molecule is Oc1ccc(N=N/C(=N\Nc2ccccc2)c2ccccc2)cc1. The first-order valence-corrected chi connectivity index (χ1v) is 7.46. The molecule has 0 bridgehead atoms. The highest BCUT2D eigenvalue weighted by atomic mass is 16.3. The topological polar surface area (TPSA) is 69.3 Å². The maximum Gasteiger partial charge on any atom is 0.201 e. The van der Waals surface area contributed by atoms with Gasteiger partial charge in [0, 0.05) is 5.56 Å². The number of nitrogens with one attached hydrogen (secondary N) is 1. The molecule has 0 radical (unpaired) electrons. The summed E-state index contributed by atoms with van der Waals surface area (Å²) in [6.07, 6.45) is 0. The Balaban J connectivity index is 1.86. The van der Waals surface area contributed by atoms with Crippen LogP contribution in [0.2, 0.25) is 0 Å². The number of para-hydroxylation sites is 1. The van der Waals surface area contributed by atoms with Crippen LogP contribution in [0.3, 0.4) is 0 Å². The third-order valence-corrected chi connectivity index (χ3v) is 3.21. The van der Waals surface area contributed by atoms with Crippen molar-refractivity contribution in [1.29, 1.82) is 0 Å². The summed E-state index contributed by atoms with van der Waals surface area (Å²) in [5.74, 6) is 0.657. The van der Waals surface area contributed by atoms with Crippen molar-refractivity contribution in [2.45, 2.75) is 0 Å². The lowest BCUT2D eigenvalue weighted by atomic mass is 10.2. The first kappa shape index (κ1) is 15.4. The van der Waals surface area contributed by atoms with Gasteiger partial charge in [0.25, 0.3) is 0 Å². The molecule has 0 heterocycles. The van der Waals surface area contributed by atoms with Gasteiger partial charge in [0.1, 0.15) is 5.75 Å². The molecule has 0 spiro atoms. The summed E-state index contributed by atoms with van der Waals surface area (Å²) in [4.78, 5) is 0. The van der Waals surface area contributed by atoms with E-state index in [1.54, 1.807) is 24.3 Å². The summed E-state index contributed by atoms with van der Waals surface area (Å²) in [7, 11) is 0. The number of nitrogens with zero attached hydrogens (tertiary/aromatic N) is 3. The molecule has 0 aliphatic carbocycles. The molecule has 3 rings (SSSR count). The number of phenolic OH excluding ortho intramolecular Hbond substituents is 1. The first-order chi connectivity index (χ1) is 11.8. The Morgan fingerprint density at radius 3 is 2.04 bits per heavy atom. The molecule has 3 aromatic carbocycles. The van der Waals surface area contributed by atoms with Gasteiger partial charge < -0.3 is 5.11 Å². The number of phenols is 1. The fraction of sp³-hybridized carbons (Fsp3) is 0. The Morgan fingerprint density at radius 2 is 1.38 bits per heavy atom. The molecule has 3 aromatic rings. The van der Waals surface area contributed by atoms with Crippen LogP contribution in [0.25, 0.3) is 0 Å². The van der Waals surface area contributed by atoms with Crippen LogP contribution < -0.4 is 5.43 Å². The minimum Gasteiger partial charge on any atom is -0.508 e. The van der Waals surface area contributed by atoms with E-state index in [-0.39, 0.29) is 5.75 Å². The third-order valence-electron chi connectivity index (χ3n) is 3.21. The molecular formula is C19H16N4O. The van der Waals surface area contributed by atoms with E-state index < -0.39 is 0 Å². The molecule has 0 aromatic heterocycles. The molecule has 0 amide bonds. The molecule has 0 saturated carbocycles. The van der Waals surface area contributed by atoms with E-state index in [0.717, 1.165) is 11.3 Å². The van der Waals surface area contributed by atoms with Gasteiger partial charge in [-0.1, -0.05) is 48.5 Å². The van der Waals surface area contributed by atoms with Crippen LogP contribution in [-0.4, -0.2) is 10.9 Å². The van der Waals surface area contributed by atoms with Crippen LogP contribution in [-0.2, 0) is 0 Å². The molecule has 0 unspecified atom stereocenters. The van der Waals surface area contributed by atoms with Crippen LogP contribution >= 0.6 is 0 Å². The third kappa shape index (κ3) is 4.27. The quantitative estimate of drug-likeness (QED) is 0.309. The molecule has 0 saturated heterocycles. The maximum atomic E-state index is 9.32. The number of benzene rings is 3. The molecular weight excluding hydrogens is 300 g/mol. The summed E-state index contributed by atoms with van der Waals surface area (Å²) < 4.78 is 0. The molecule has 24 heavy (non-hydrogen) atoms. The Labute approximate surface area is 140 Å². The highest BCUT2D eigenvalue weighted by Gasteiger charge is 2.02. The van der Waals surface area contributed by atoms with E-state index in [0.29, 0.717) is 11.5 Å². The molecule has 2 N–H and O–H groups in total. The number of hydrogen-bond donors (Lipinski definition) is 2. The lowest BCUT2D eigenvalue weighted by Gasteiger charge is -2.03. The molecule has 5 heteroatoms. The van der Waals surface area contributed by atoms with Crippen LogP contribution in [0, 0.1) is 0 Å². The zero-order valence-corrected chi connectivity index (χ0v) is 12.9. The van der Waals surface area contributed by atoms with Gasteiger partial charge in [0.05, 0.1) is 11.4 Å². The highest BCUT2D eigenvalue weighted by molar-refractivity contribution is 5.99. The van der Waals surface area contributed by atoms with Crippen molar-refractivity contribution in [3.8, 4) is 5.75 Å². The minimum absolute atomic E-state index is 0.191. The Kier molecular flexibility index (Phi) is 4.94. The van der Waals surface area contributed by atoms with Crippen molar-refractivity contribution in [1.82, 2.24) is 0 Å². The molecule has 118 valence electrons. The molecule has 0 aliphatic heterocycles. The van der Waals surface area contributed by atoms with Gasteiger partial charge >= 0.3 is 0 Å². The Hall–Kier alpha value is -3.47. The van der Waals surface area contributed by atoms with Gasteiger partial charge in [-0.15, -0.1) is 10.2 Å². The van der Waals surface area contributed by atoms with Crippen molar-refractivity contribution in [3.05, 3.63) is 90.5 Å². The first-order valence-electron chi connectivity index (χ1n) is 7.46. The summed E-state index contributed by atoms with van der Waals surface area (Å²) in [5, 5.41) is 22.1. The van der Waals surface area contributed by atoms with Crippen molar-refractivity contribution in [3.63, 3.8) is 0 Å². The second-order valence-electron chi connectivity index (χ2n) is 5.00. The Morgan fingerprint density at radius 1 is 0.750 bits per heavy atom. The van der Waals surface area contributed by atoms with Gasteiger partial charge in [0.15, 0.2) is 0 Å². The lowest BCUT2D eigenvalue weighted by Crippen LogP contribution is -2.00. The summed E-state index contributed by atoms with van der Waals surface area (Å²) in [5.41, 5.74) is 5.34. The average Bonchev–Trinajstić information content (AvgIpc) is 2.65.